The second kappa shape index (κ2) is 12.4. The molecule has 0 fully saturated rings. The van der Waals surface area contributed by atoms with Gasteiger partial charge in [0.1, 0.15) is 11.4 Å². The zero-order valence-electron chi connectivity index (χ0n) is 20.8. The van der Waals surface area contributed by atoms with Crippen LogP contribution < -0.4 is 5.32 Å². The Labute approximate surface area is 220 Å². The Balaban J connectivity index is 1.84. The van der Waals surface area contributed by atoms with Gasteiger partial charge in [0.05, 0.1) is 12.5 Å². The maximum Gasteiger partial charge on any atom is 0.407 e. The highest BCUT2D eigenvalue weighted by Gasteiger charge is 2.29. The van der Waals surface area contributed by atoms with Crippen molar-refractivity contribution in [1.82, 2.24) is 5.32 Å². The molecule has 2 atom stereocenters. The summed E-state index contributed by atoms with van der Waals surface area (Å²) < 4.78 is 25.1. The first-order chi connectivity index (χ1) is 17.1. The van der Waals surface area contributed by atoms with Gasteiger partial charge in [0.2, 0.25) is 0 Å². The van der Waals surface area contributed by atoms with Crippen molar-refractivity contribution in [2.24, 2.45) is 0 Å². The third-order valence-electron chi connectivity index (χ3n) is 5.37. The Morgan fingerprint density at radius 1 is 1.11 bits per heavy atom. The van der Waals surface area contributed by atoms with Gasteiger partial charge in [-0.2, -0.15) is 0 Å². The lowest BCUT2D eigenvalue weighted by molar-refractivity contribution is -0.145. The first-order valence-electron chi connectivity index (χ1n) is 11.8. The van der Waals surface area contributed by atoms with Crippen LogP contribution in [0.1, 0.15) is 50.5 Å². The maximum absolute atomic E-state index is 14.3. The minimum atomic E-state index is -0.661. The minimum Gasteiger partial charge on any atom is -0.465 e. The van der Waals surface area contributed by atoms with E-state index >= 15 is 0 Å². The summed E-state index contributed by atoms with van der Waals surface area (Å²) in [7, 11) is 0. The zero-order chi connectivity index (χ0) is 26.3. The summed E-state index contributed by atoms with van der Waals surface area (Å²) in [6.07, 6.45) is 0.223. The number of nitrogens with one attached hydrogen (secondary N) is 1. The molecule has 1 unspecified atom stereocenters. The number of halogens is 2. The number of carbonyl (C=O) groups excluding carboxylic acids is 2. The number of benzene rings is 2. The van der Waals surface area contributed by atoms with Gasteiger partial charge in [0, 0.05) is 21.5 Å². The molecule has 3 rings (SSSR count). The summed E-state index contributed by atoms with van der Waals surface area (Å²) in [6, 6.07) is 15.2. The summed E-state index contributed by atoms with van der Waals surface area (Å²) >= 11 is 7.52. The molecule has 0 aliphatic heterocycles. The van der Waals surface area contributed by atoms with Crippen molar-refractivity contribution in [3.05, 3.63) is 81.3 Å². The first-order valence-corrected chi connectivity index (χ1v) is 13.1. The molecule has 0 aliphatic carbocycles. The van der Waals surface area contributed by atoms with Gasteiger partial charge >= 0.3 is 12.1 Å². The number of hydrogen-bond donors (Lipinski definition) is 1. The van der Waals surface area contributed by atoms with E-state index in [1.165, 1.54) is 23.5 Å². The topological polar surface area (TPSA) is 64.6 Å². The van der Waals surface area contributed by atoms with Crippen molar-refractivity contribution in [3.63, 3.8) is 0 Å². The Bertz CT molecular complexity index is 1160. The lowest BCUT2D eigenvalue weighted by Gasteiger charge is -2.26. The molecule has 0 radical (unpaired) electrons. The number of hydrogen-bond acceptors (Lipinski definition) is 5. The standard InChI is InChI=1S/C28H31ClFNO4S/c1-5-34-26(32)23(25-7-6-14-36-25)17-21(31-27(33)35-28(2,3)4)15-18-8-10-19(11-9-18)22-16-20(29)12-13-24(22)30/h6-14,16,21,23H,5,15,17H2,1-4H3,(H,31,33)/t21-,23?/m1/s1. The van der Waals surface area contributed by atoms with Gasteiger partial charge in [-0.25, -0.2) is 9.18 Å². The van der Waals surface area contributed by atoms with Crippen LogP contribution in [0, 0.1) is 5.82 Å². The molecule has 0 spiro atoms. The highest BCUT2D eigenvalue weighted by Crippen LogP contribution is 2.30. The number of amides is 1. The lowest BCUT2D eigenvalue weighted by atomic mass is 9.93. The summed E-state index contributed by atoms with van der Waals surface area (Å²) in [4.78, 5) is 26.3. The molecule has 36 heavy (non-hydrogen) atoms. The first kappa shape index (κ1) is 27.7. The normalized spacial score (nSPS) is 13.1. The van der Waals surface area contributed by atoms with Crippen molar-refractivity contribution in [3.8, 4) is 11.1 Å². The van der Waals surface area contributed by atoms with Gasteiger partial charge in [-0.1, -0.05) is 41.9 Å². The zero-order valence-corrected chi connectivity index (χ0v) is 22.4. The van der Waals surface area contributed by atoms with Crippen LogP contribution in [0.3, 0.4) is 0 Å². The largest absolute Gasteiger partial charge is 0.465 e. The van der Waals surface area contributed by atoms with Gasteiger partial charge in [-0.05, 0) is 81.3 Å². The Hall–Kier alpha value is -2.90. The van der Waals surface area contributed by atoms with Crippen LogP contribution >= 0.6 is 22.9 Å². The highest BCUT2D eigenvalue weighted by atomic mass is 35.5. The molecule has 1 heterocycles. The van der Waals surface area contributed by atoms with Crippen molar-refractivity contribution in [1.29, 1.82) is 0 Å². The van der Waals surface area contributed by atoms with E-state index in [9.17, 15) is 14.0 Å². The fourth-order valence-corrected chi connectivity index (χ4v) is 4.84. The smallest absolute Gasteiger partial charge is 0.407 e. The van der Waals surface area contributed by atoms with Crippen LogP contribution in [0.4, 0.5) is 9.18 Å². The van der Waals surface area contributed by atoms with Gasteiger partial charge in [-0.15, -0.1) is 11.3 Å². The van der Waals surface area contributed by atoms with Crippen molar-refractivity contribution >= 4 is 35.0 Å². The Morgan fingerprint density at radius 3 is 2.44 bits per heavy atom. The molecule has 1 aromatic heterocycles. The predicted octanol–water partition coefficient (Wildman–Crippen LogP) is 7.38. The molecular weight excluding hydrogens is 501 g/mol. The maximum atomic E-state index is 14.3. The van der Waals surface area contributed by atoms with Crippen molar-refractivity contribution < 1.29 is 23.5 Å². The van der Waals surface area contributed by atoms with Crippen LogP contribution in [0.2, 0.25) is 5.02 Å². The lowest BCUT2D eigenvalue weighted by Crippen LogP contribution is -2.41. The van der Waals surface area contributed by atoms with Gasteiger partial charge in [-0.3, -0.25) is 4.79 Å². The summed E-state index contributed by atoms with van der Waals surface area (Å²) in [5.41, 5.74) is 1.36. The van der Waals surface area contributed by atoms with E-state index < -0.39 is 23.7 Å². The fraction of sp³-hybridized carbons (Fsp3) is 0.357. The molecular formula is C28H31ClFNO4S. The van der Waals surface area contributed by atoms with Gasteiger partial charge in [0.15, 0.2) is 0 Å². The van der Waals surface area contributed by atoms with E-state index in [4.69, 9.17) is 21.1 Å². The monoisotopic (exact) mass is 531 g/mol. The van der Waals surface area contributed by atoms with Crippen LogP contribution in [0.15, 0.2) is 60.0 Å². The molecule has 5 nitrogen and oxygen atoms in total. The summed E-state index contributed by atoms with van der Waals surface area (Å²) in [6.45, 7) is 7.42. The van der Waals surface area contributed by atoms with Gasteiger partial charge < -0.3 is 14.8 Å². The third-order valence-corrected chi connectivity index (χ3v) is 6.60. The molecule has 192 valence electrons. The molecule has 0 saturated heterocycles. The number of ether oxygens (including phenoxy) is 2. The van der Waals surface area contributed by atoms with Crippen LogP contribution in [0.25, 0.3) is 11.1 Å². The van der Waals surface area contributed by atoms with E-state index in [-0.39, 0.29) is 18.4 Å². The van der Waals surface area contributed by atoms with E-state index in [1.54, 1.807) is 33.8 Å². The SMILES string of the molecule is CCOC(=O)C(C[C@@H](Cc1ccc(-c2cc(Cl)ccc2F)cc1)NC(=O)OC(C)(C)C)c1cccs1. The molecule has 0 saturated carbocycles. The Morgan fingerprint density at radius 2 is 1.83 bits per heavy atom. The molecule has 1 amide bonds. The number of esters is 1. The second-order valence-corrected chi connectivity index (χ2v) is 10.8. The molecule has 2 aromatic carbocycles. The number of alkyl carbamates (subject to hydrolysis) is 1. The van der Waals surface area contributed by atoms with Crippen molar-refractivity contribution in [2.45, 2.75) is 58.1 Å². The average Bonchev–Trinajstić information content (AvgIpc) is 3.33. The van der Waals surface area contributed by atoms with Gasteiger partial charge in [0.25, 0.3) is 0 Å². The second-order valence-electron chi connectivity index (χ2n) is 9.42. The van der Waals surface area contributed by atoms with Crippen LogP contribution in [-0.2, 0) is 20.7 Å². The summed E-state index contributed by atoms with van der Waals surface area (Å²) in [5, 5.41) is 5.30. The Kier molecular flexibility index (Phi) is 9.51. The average molecular weight is 532 g/mol. The van der Waals surface area contributed by atoms with Crippen LogP contribution in [-0.4, -0.2) is 30.3 Å². The summed E-state index contributed by atoms with van der Waals surface area (Å²) in [5.74, 6) is -1.21. The third kappa shape index (κ3) is 8.07. The van der Waals surface area contributed by atoms with Crippen molar-refractivity contribution in [2.75, 3.05) is 6.61 Å². The number of rotatable bonds is 9. The van der Waals surface area contributed by atoms with E-state index in [0.717, 1.165) is 10.4 Å². The quantitative estimate of drug-likeness (QED) is 0.292. The molecule has 0 bridgehead atoms. The molecule has 1 N–H and O–H groups in total. The molecule has 0 aliphatic rings. The molecule has 8 heteroatoms. The highest BCUT2D eigenvalue weighted by molar-refractivity contribution is 7.10. The minimum absolute atomic E-state index is 0.270. The number of thiophene rings is 1. The molecule has 3 aromatic rings. The van der Waals surface area contributed by atoms with Crippen LogP contribution in [0.5, 0.6) is 0 Å². The van der Waals surface area contributed by atoms with E-state index in [2.05, 4.69) is 5.32 Å². The van der Waals surface area contributed by atoms with E-state index in [0.29, 0.717) is 29.0 Å². The van der Waals surface area contributed by atoms with E-state index in [1.807, 2.05) is 41.8 Å². The predicted molar refractivity (Wildman–Crippen MR) is 142 cm³/mol. The fourth-order valence-electron chi connectivity index (χ4n) is 3.84. The number of carbonyl (C=O) groups is 2.